The maximum absolute atomic E-state index is 6.93. The number of benzene rings is 7. The van der Waals surface area contributed by atoms with Crippen LogP contribution < -0.4 is 0 Å². The van der Waals surface area contributed by atoms with Crippen molar-refractivity contribution in [2.75, 3.05) is 0 Å². The Kier molecular flexibility index (Phi) is 6.95. The molecular formula is C51H33N5O. The van der Waals surface area contributed by atoms with Crippen molar-refractivity contribution in [1.29, 1.82) is 0 Å². The van der Waals surface area contributed by atoms with Gasteiger partial charge in [0, 0.05) is 54.5 Å². The lowest BCUT2D eigenvalue weighted by molar-refractivity contribution is 0.648. The van der Waals surface area contributed by atoms with Gasteiger partial charge in [-0.2, -0.15) is 0 Å². The molecule has 0 bridgehead atoms. The summed E-state index contributed by atoms with van der Waals surface area (Å²) < 4.78 is 11.8. The average Bonchev–Trinajstić information content (AvgIpc) is 3.94. The first-order valence-corrected chi connectivity index (χ1v) is 19.4. The van der Waals surface area contributed by atoms with E-state index in [9.17, 15) is 0 Å². The van der Waals surface area contributed by atoms with Crippen LogP contribution in [0, 0.1) is 0 Å². The van der Waals surface area contributed by atoms with Crippen LogP contribution in [0.15, 0.2) is 186 Å². The highest BCUT2D eigenvalue weighted by molar-refractivity contribution is 6.20. The fourth-order valence-corrected chi connectivity index (χ4v) is 8.96. The van der Waals surface area contributed by atoms with Crippen LogP contribution in [0.2, 0.25) is 0 Å². The van der Waals surface area contributed by atoms with Crippen molar-refractivity contribution in [3.05, 3.63) is 182 Å². The van der Waals surface area contributed by atoms with Crippen molar-refractivity contribution in [3.8, 4) is 39.9 Å². The van der Waals surface area contributed by atoms with Crippen LogP contribution in [0.4, 0.5) is 0 Å². The maximum Gasteiger partial charge on any atom is 0.164 e. The van der Waals surface area contributed by atoms with E-state index in [1.165, 1.54) is 32.6 Å². The maximum atomic E-state index is 6.93. The van der Waals surface area contributed by atoms with Crippen molar-refractivity contribution in [2.45, 2.75) is 12.5 Å². The predicted octanol–water partition coefficient (Wildman–Crippen LogP) is 13.0. The standard InChI is InChI=1S/C51H33N5O/c1-4-16-32(17-5-1)49-52-50(33-18-6-2-7-19-33)54-51(53-49)38-25-15-29-46-47(38)37-24-14-28-43(48(37)57-46)56-42-27-13-11-23-36(42)40-30-44-39(31-45(40)56)35-22-10-12-26-41(35)55(44)34-20-8-3-9-21-34/h1-20,22-31,34H,21H2. The summed E-state index contributed by atoms with van der Waals surface area (Å²) in [7, 11) is 0. The highest BCUT2D eigenvalue weighted by Crippen LogP contribution is 2.44. The van der Waals surface area contributed by atoms with E-state index in [0.29, 0.717) is 17.5 Å². The van der Waals surface area contributed by atoms with Gasteiger partial charge in [0.25, 0.3) is 0 Å². The van der Waals surface area contributed by atoms with E-state index in [1.54, 1.807) is 0 Å². The molecule has 4 heterocycles. The molecule has 0 N–H and O–H groups in total. The lowest BCUT2D eigenvalue weighted by Gasteiger charge is -2.18. The Morgan fingerprint density at radius 3 is 1.84 bits per heavy atom. The highest BCUT2D eigenvalue weighted by Gasteiger charge is 2.24. The minimum absolute atomic E-state index is 0.249. The van der Waals surface area contributed by atoms with Crippen LogP contribution in [0.25, 0.3) is 105 Å². The molecule has 6 nitrogen and oxygen atoms in total. The number of hydrogen-bond acceptors (Lipinski definition) is 4. The van der Waals surface area contributed by atoms with E-state index < -0.39 is 0 Å². The Labute approximate surface area is 327 Å². The molecule has 1 atom stereocenters. The number of fused-ring (bicyclic) bond motifs is 9. The van der Waals surface area contributed by atoms with E-state index in [0.717, 1.165) is 61.8 Å². The molecule has 6 heteroatoms. The van der Waals surface area contributed by atoms with Crippen LogP contribution in [0.3, 0.4) is 0 Å². The van der Waals surface area contributed by atoms with Crippen LogP contribution in [0.1, 0.15) is 12.5 Å². The smallest absolute Gasteiger partial charge is 0.164 e. The molecule has 0 saturated carbocycles. The van der Waals surface area contributed by atoms with Crippen LogP contribution in [-0.2, 0) is 0 Å². The summed E-state index contributed by atoms with van der Waals surface area (Å²) in [6, 6.07) is 55.4. The van der Waals surface area contributed by atoms with E-state index in [1.807, 2.05) is 72.8 Å². The molecule has 0 saturated heterocycles. The molecule has 268 valence electrons. The number of allylic oxidation sites excluding steroid dienone is 4. The molecule has 7 aromatic carbocycles. The lowest BCUT2D eigenvalue weighted by atomic mass is 10.0. The molecule has 12 rings (SSSR count). The van der Waals surface area contributed by atoms with Gasteiger partial charge in [0.15, 0.2) is 23.1 Å². The third-order valence-electron chi connectivity index (χ3n) is 11.5. The number of hydrogen-bond donors (Lipinski definition) is 0. The fraction of sp³-hybridized carbons (Fsp3) is 0.0392. The van der Waals surface area contributed by atoms with Gasteiger partial charge in [-0.3, -0.25) is 0 Å². The number of nitrogens with zero attached hydrogens (tertiary/aromatic N) is 5. The molecule has 1 aliphatic rings. The Morgan fingerprint density at radius 2 is 1.11 bits per heavy atom. The monoisotopic (exact) mass is 731 g/mol. The van der Waals surface area contributed by atoms with E-state index >= 15 is 0 Å². The Hall–Kier alpha value is -7.57. The predicted molar refractivity (Wildman–Crippen MR) is 233 cm³/mol. The highest BCUT2D eigenvalue weighted by atomic mass is 16.3. The third kappa shape index (κ3) is 4.87. The average molecular weight is 732 g/mol. The first kappa shape index (κ1) is 31.7. The van der Waals surface area contributed by atoms with Crippen molar-refractivity contribution in [2.24, 2.45) is 0 Å². The first-order chi connectivity index (χ1) is 28.3. The Balaban J connectivity index is 1.11. The summed E-state index contributed by atoms with van der Waals surface area (Å²) in [6.07, 6.45) is 9.86. The summed E-state index contributed by atoms with van der Waals surface area (Å²) in [5.74, 6) is 1.85. The fourth-order valence-electron chi connectivity index (χ4n) is 8.96. The van der Waals surface area contributed by atoms with Gasteiger partial charge in [0.05, 0.1) is 28.3 Å². The summed E-state index contributed by atoms with van der Waals surface area (Å²) in [4.78, 5) is 15.1. The summed E-state index contributed by atoms with van der Waals surface area (Å²) in [5, 5.41) is 6.87. The van der Waals surface area contributed by atoms with Gasteiger partial charge in [-0.15, -0.1) is 0 Å². The van der Waals surface area contributed by atoms with Gasteiger partial charge in [-0.25, -0.2) is 15.0 Å². The van der Waals surface area contributed by atoms with Crippen molar-refractivity contribution < 1.29 is 4.42 Å². The quantitative estimate of drug-likeness (QED) is 0.177. The molecule has 1 aliphatic carbocycles. The molecule has 0 amide bonds. The van der Waals surface area contributed by atoms with E-state index in [4.69, 9.17) is 19.4 Å². The van der Waals surface area contributed by atoms with Gasteiger partial charge < -0.3 is 13.6 Å². The number of furan rings is 1. The lowest BCUT2D eigenvalue weighted by Crippen LogP contribution is -2.06. The summed E-state index contributed by atoms with van der Waals surface area (Å²) in [6.45, 7) is 0. The number of aromatic nitrogens is 5. The van der Waals surface area contributed by atoms with E-state index in [2.05, 4.69) is 118 Å². The normalized spacial score (nSPS) is 14.3. The molecular weight excluding hydrogens is 699 g/mol. The minimum Gasteiger partial charge on any atom is -0.454 e. The zero-order chi connectivity index (χ0) is 37.5. The largest absolute Gasteiger partial charge is 0.454 e. The first-order valence-electron chi connectivity index (χ1n) is 19.4. The van der Waals surface area contributed by atoms with E-state index in [-0.39, 0.29) is 6.04 Å². The molecule has 0 fully saturated rings. The molecule has 1 unspecified atom stereocenters. The second-order valence-electron chi connectivity index (χ2n) is 14.7. The molecule has 11 aromatic rings. The topological polar surface area (TPSA) is 61.7 Å². The van der Waals surface area contributed by atoms with Crippen molar-refractivity contribution in [3.63, 3.8) is 0 Å². The summed E-state index contributed by atoms with van der Waals surface area (Å²) >= 11 is 0. The molecule has 4 aromatic heterocycles. The second-order valence-corrected chi connectivity index (χ2v) is 14.7. The third-order valence-corrected chi connectivity index (χ3v) is 11.5. The number of rotatable bonds is 5. The van der Waals surface area contributed by atoms with Crippen LogP contribution in [0.5, 0.6) is 0 Å². The van der Waals surface area contributed by atoms with Gasteiger partial charge in [-0.1, -0.05) is 146 Å². The van der Waals surface area contributed by atoms with Gasteiger partial charge in [0.2, 0.25) is 0 Å². The Morgan fingerprint density at radius 1 is 0.491 bits per heavy atom. The number of para-hydroxylation sites is 3. The van der Waals surface area contributed by atoms with Gasteiger partial charge >= 0.3 is 0 Å². The summed E-state index contributed by atoms with van der Waals surface area (Å²) in [5.41, 5.74) is 10.1. The van der Waals surface area contributed by atoms with Gasteiger partial charge in [0.1, 0.15) is 5.58 Å². The van der Waals surface area contributed by atoms with Crippen molar-refractivity contribution in [1.82, 2.24) is 24.1 Å². The molecule has 0 spiro atoms. The van der Waals surface area contributed by atoms with Crippen molar-refractivity contribution >= 4 is 65.6 Å². The zero-order valence-electron chi connectivity index (χ0n) is 30.7. The second kappa shape index (κ2) is 12.5. The minimum atomic E-state index is 0.249. The zero-order valence-corrected chi connectivity index (χ0v) is 30.7. The van der Waals surface area contributed by atoms with Crippen LogP contribution in [-0.4, -0.2) is 24.1 Å². The van der Waals surface area contributed by atoms with Gasteiger partial charge in [-0.05, 0) is 42.8 Å². The van der Waals surface area contributed by atoms with Crippen LogP contribution >= 0.6 is 0 Å². The SMILES string of the molecule is C1=CCC(n2c3ccccc3c3cc4c(cc32)c2ccccc2n4-c2cccc3c2oc2cccc(-c4nc(-c5ccccc5)nc(-c5ccccc5)n4)c23)C=C1. The molecule has 0 radical (unpaired) electrons. The molecule has 57 heavy (non-hydrogen) atoms. The Bertz CT molecular complexity index is 3380. The molecule has 0 aliphatic heterocycles.